The standard InChI is InChI=1S/C20H21N3O5/c1-12-8-9-15(10-13(12)2)27-11-18(24)21-22-19(25)14(3)23-16-6-4-5-7-17(16)28-20(23)26/h4-10,14H,11H2,1-3H3,(H,21,24)(H,22,25). The van der Waals surface area contributed by atoms with Gasteiger partial charge in [-0.15, -0.1) is 0 Å². The highest BCUT2D eigenvalue weighted by molar-refractivity contribution is 5.86. The van der Waals surface area contributed by atoms with Gasteiger partial charge in [0.05, 0.1) is 5.52 Å². The molecule has 8 nitrogen and oxygen atoms in total. The van der Waals surface area contributed by atoms with Crippen LogP contribution in [0.2, 0.25) is 0 Å². The van der Waals surface area contributed by atoms with Crippen LogP contribution < -0.4 is 21.3 Å². The highest BCUT2D eigenvalue weighted by atomic mass is 16.5. The molecule has 1 heterocycles. The van der Waals surface area contributed by atoms with Crippen LogP contribution in [0.4, 0.5) is 0 Å². The van der Waals surface area contributed by atoms with Crippen LogP contribution in [0.3, 0.4) is 0 Å². The van der Waals surface area contributed by atoms with Gasteiger partial charge in [0.2, 0.25) is 0 Å². The highest BCUT2D eigenvalue weighted by Gasteiger charge is 2.21. The van der Waals surface area contributed by atoms with Crippen molar-refractivity contribution in [2.45, 2.75) is 26.8 Å². The van der Waals surface area contributed by atoms with Crippen molar-refractivity contribution in [2.24, 2.45) is 0 Å². The van der Waals surface area contributed by atoms with Crippen molar-refractivity contribution in [3.8, 4) is 5.75 Å². The van der Waals surface area contributed by atoms with Crippen LogP contribution in [0, 0.1) is 13.8 Å². The average Bonchev–Trinajstić information content (AvgIpc) is 3.02. The molecule has 2 aromatic carbocycles. The van der Waals surface area contributed by atoms with Crippen LogP contribution in [0.25, 0.3) is 11.1 Å². The Labute approximate surface area is 161 Å². The number of carbonyl (C=O) groups excluding carboxylic acids is 2. The van der Waals surface area contributed by atoms with Crippen molar-refractivity contribution in [2.75, 3.05) is 6.61 Å². The van der Waals surface area contributed by atoms with E-state index in [4.69, 9.17) is 9.15 Å². The zero-order valence-electron chi connectivity index (χ0n) is 15.8. The Morgan fingerprint density at radius 2 is 1.86 bits per heavy atom. The third kappa shape index (κ3) is 4.06. The number of amides is 2. The SMILES string of the molecule is Cc1ccc(OCC(=O)NNC(=O)C(C)n2c(=O)oc3ccccc32)cc1C. The molecule has 146 valence electrons. The first-order chi connectivity index (χ1) is 13.4. The van der Waals surface area contributed by atoms with Crippen LogP contribution >= 0.6 is 0 Å². The zero-order valence-corrected chi connectivity index (χ0v) is 15.8. The van der Waals surface area contributed by atoms with Gasteiger partial charge < -0.3 is 9.15 Å². The lowest BCUT2D eigenvalue weighted by Gasteiger charge is -2.14. The second kappa shape index (κ2) is 7.99. The number of rotatable bonds is 5. The number of ether oxygens (including phenoxy) is 1. The van der Waals surface area contributed by atoms with E-state index in [2.05, 4.69) is 10.9 Å². The Morgan fingerprint density at radius 3 is 2.61 bits per heavy atom. The second-order valence-electron chi connectivity index (χ2n) is 6.45. The lowest BCUT2D eigenvalue weighted by atomic mass is 10.1. The maximum absolute atomic E-state index is 12.3. The average molecular weight is 383 g/mol. The molecule has 28 heavy (non-hydrogen) atoms. The van der Waals surface area contributed by atoms with E-state index in [0.29, 0.717) is 16.8 Å². The molecule has 8 heteroatoms. The smallest absolute Gasteiger partial charge is 0.420 e. The lowest BCUT2D eigenvalue weighted by molar-refractivity contribution is -0.131. The van der Waals surface area contributed by atoms with Crippen molar-refractivity contribution in [1.29, 1.82) is 0 Å². The van der Waals surface area contributed by atoms with Crippen molar-refractivity contribution >= 4 is 22.9 Å². The summed E-state index contributed by atoms with van der Waals surface area (Å²) in [5.41, 5.74) is 7.64. The topological polar surface area (TPSA) is 103 Å². The Hall–Kier alpha value is -3.55. The first kappa shape index (κ1) is 19.2. The molecule has 0 spiro atoms. The van der Waals surface area contributed by atoms with Crippen LogP contribution in [0.1, 0.15) is 24.1 Å². The van der Waals surface area contributed by atoms with Gasteiger partial charge in [-0.25, -0.2) is 4.79 Å². The van der Waals surface area contributed by atoms with E-state index in [0.717, 1.165) is 11.1 Å². The summed E-state index contributed by atoms with van der Waals surface area (Å²) < 4.78 is 11.8. The maximum atomic E-state index is 12.3. The minimum absolute atomic E-state index is 0.258. The molecule has 2 N–H and O–H groups in total. The van der Waals surface area contributed by atoms with Gasteiger partial charge in [-0.1, -0.05) is 18.2 Å². The van der Waals surface area contributed by atoms with Gasteiger partial charge in [0.1, 0.15) is 11.8 Å². The summed E-state index contributed by atoms with van der Waals surface area (Å²) in [5, 5.41) is 0. The van der Waals surface area contributed by atoms with Crippen LogP contribution in [-0.2, 0) is 9.59 Å². The fraction of sp³-hybridized carbons (Fsp3) is 0.250. The number of aromatic nitrogens is 1. The molecule has 0 bridgehead atoms. The predicted octanol–water partition coefficient (Wildman–Crippen LogP) is 2.00. The normalized spacial score (nSPS) is 11.8. The van der Waals surface area contributed by atoms with Gasteiger partial charge in [0, 0.05) is 0 Å². The molecular formula is C20H21N3O5. The largest absolute Gasteiger partial charge is 0.484 e. The molecule has 1 unspecified atom stereocenters. The zero-order chi connectivity index (χ0) is 20.3. The predicted molar refractivity (Wildman–Crippen MR) is 103 cm³/mol. The van der Waals surface area contributed by atoms with E-state index in [1.807, 2.05) is 26.0 Å². The Balaban J connectivity index is 1.57. The highest BCUT2D eigenvalue weighted by Crippen LogP contribution is 2.17. The molecule has 0 aliphatic heterocycles. The van der Waals surface area contributed by atoms with Crippen molar-refractivity contribution in [1.82, 2.24) is 15.4 Å². The fourth-order valence-corrected chi connectivity index (χ4v) is 2.69. The minimum atomic E-state index is -0.878. The molecule has 0 fully saturated rings. The van der Waals surface area contributed by atoms with Crippen molar-refractivity contribution in [3.05, 3.63) is 64.1 Å². The number of hydrogen-bond acceptors (Lipinski definition) is 5. The molecule has 3 rings (SSSR count). The molecular weight excluding hydrogens is 362 g/mol. The van der Waals surface area contributed by atoms with Gasteiger partial charge in [-0.3, -0.25) is 25.0 Å². The monoisotopic (exact) mass is 383 g/mol. The number of fused-ring (bicyclic) bond motifs is 1. The van der Waals surface area contributed by atoms with E-state index in [-0.39, 0.29) is 6.61 Å². The summed E-state index contributed by atoms with van der Waals surface area (Å²) in [4.78, 5) is 36.3. The molecule has 3 aromatic rings. The molecule has 0 aliphatic rings. The molecule has 0 saturated carbocycles. The number of aryl methyl sites for hydroxylation is 2. The Kier molecular flexibility index (Phi) is 5.49. The minimum Gasteiger partial charge on any atom is -0.484 e. The summed E-state index contributed by atoms with van der Waals surface area (Å²) in [5.74, 6) is -1.17. The number of para-hydroxylation sites is 2. The number of nitrogens with one attached hydrogen (secondary N) is 2. The number of benzene rings is 2. The van der Waals surface area contributed by atoms with Crippen LogP contribution in [0.15, 0.2) is 51.7 Å². The van der Waals surface area contributed by atoms with E-state index in [1.54, 1.807) is 30.3 Å². The van der Waals surface area contributed by atoms with Gasteiger partial charge in [-0.05, 0) is 56.2 Å². The summed E-state index contributed by atoms with van der Waals surface area (Å²) >= 11 is 0. The van der Waals surface area contributed by atoms with Crippen molar-refractivity contribution < 1.29 is 18.7 Å². The van der Waals surface area contributed by atoms with Crippen molar-refractivity contribution in [3.63, 3.8) is 0 Å². The van der Waals surface area contributed by atoms with E-state index in [1.165, 1.54) is 11.5 Å². The number of oxazole rings is 1. The number of carbonyl (C=O) groups is 2. The van der Waals surface area contributed by atoms with Crippen LogP contribution in [0.5, 0.6) is 5.75 Å². The molecule has 0 saturated heterocycles. The number of hydrogen-bond donors (Lipinski definition) is 2. The molecule has 1 aromatic heterocycles. The van der Waals surface area contributed by atoms with E-state index in [9.17, 15) is 14.4 Å². The molecule has 2 amide bonds. The van der Waals surface area contributed by atoms with Gasteiger partial charge >= 0.3 is 5.76 Å². The fourth-order valence-electron chi connectivity index (χ4n) is 2.69. The summed E-state index contributed by atoms with van der Waals surface area (Å²) in [7, 11) is 0. The van der Waals surface area contributed by atoms with E-state index >= 15 is 0 Å². The van der Waals surface area contributed by atoms with Crippen LogP contribution in [-0.4, -0.2) is 23.0 Å². The number of nitrogens with zero attached hydrogens (tertiary/aromatic N) is 1. The Bertz CT molecular complexity index is 1080. The second-order valence-corrected chi connectivity index (χ2v) is 6.45. The summed E-state index contributed by atoms with van der Waals surface area (Å²) in [6.07, 6.45) is 0. The molecule has 0 radical (unpaired) electrons. The first-order valence-corrected chi connectivity index (χ1v) is 8.75. The third-order valence-corrected chi connectivity index (χ3v) is 4.46. The summed E-state index contributed by atoms with van der Waals surface area (Å²) in [6, 6.07) is 11.4. The maximum Gasteiger partial charge on any atom is 0.420 e. The van der Waals surface area contributed by atoms with E-state index < -0.39 is 23.6 Å². The van der Waals surface area contributed by atoms with Gasteiger partial charge in [0.15, 0.2) is 12.2 Å². The number of hydrazine groups is 1. The Morgan fingerprint density at radius 1 is 1.11 bits per heavy atom. The summed E-state index contributed by atoms with van der Waals surface area (Å²) in [6.45, 7) is 5.21. The van der Waals surface area contributed by atoms with Gasteiger partial charge in [0.25, 0.3) is 11.8 Å². The lowest BCUT2D eigenvalue weighted by Crippen LogP contribution is -2.47. The quantitative estimate of drug-likeness (QED) is 0.656. The third-order valence-electron chi connectivity index (χ3n) is 4.46. The first-order valence-electron chi connectivity index (χ1n) is 8.75. The van der Waals surface area contributed by atoms with Gasteiger partial charge in [-0.2, -0.15) is 0 Å². The molecule has 1 atom stereocenters. The molecule has 0 aliphatic carbocycles.